The smallest absolute Gasteiger partial charge is 0.339 e. The van der Waals surface area contributed by atoms with Crippen LogP contribution in [0.1, 0.15) is 44.0 Å². The maximum Gasteiger partial charge on any atom is 0.339 e. The summed E-state index contributed by atoms with van der Waals surface area (Å²) >= 11 is 1.71. The summed E-state index contributed by atoms with van der Waals surface area (Å²) in [5, 5.41) is 2.94. The van der Waals surface area contributed by atoms with Crippen molar-refractivity contribution in [1.82, 2.24) is 4.98 Å². The van der Waals surface area contributed by atoms with Crippen molar-refractivity contribution in [3.05, 3.63) is 98.9 Å². The molecular weight excluding hydrogens is 390 g/mol. The third kappa shape index (κ3) is 3.55. The lowest BCUT2D eigenvalue weighted by Gasteiger charge is -2.12. The van der Waals surface area contributed by atoms with Crippen LogP contribution in [0, 0.1) is 6.92 Å². The van der Waals surface area contributed by atoms with E-state index in [-0.39, 0.29) is 12.6 Å². The summed E-state index contributed by atoms with van der Waals surface area (Å²) in [7, 11) is 0. The number of aryl methyl sites for hydroxylation is 1. The maximum atomic E-state index is 13.2. The molecule has 0 saturated carbocycles. The first-order valence-corrected chi connectivity index (χ1v) is 11.0. The first kappa shape index (κ1) is 18.8. The van der Waals surface area contributed by atoms with Crippen LogP contribution in [0.4, 0.5) is 0 Å². The standard InChI is InChI=1S/C26H21NO2S/c1-17-8-10-18(11-9-17)16-29-26(28)24-21-6-2-3-7-23(21)27-25-19(12-13-22(24)25)15-20-5-4-14-30-20/h2-11,14-15H,12-13,16H2,1H3/b19-15+. The predicted molar refractivity (Wildman–Crippen MR) is 123 cm³/mol. The van der Waals surface area contributed by atoms with Crippen LogP contribution in [0.25, 0.3) is 22.6 Å². The molecule has 4 heteroatoms. The molecule has 1 aliphatic carbocycles. The number of allylic oxidation sites excluding steroid dienone is 1. The molecule has 3 nitrogen and oxygen atoms in total. The summed E-state index contributed by atoms with van der Waals surface area (Å²) < 4.78 is 5.74. The number of nitrogens with zero attached hydrogens (tertiary/aromatic N) is 1. The topological polar surface area (TPSA) is 39.2 Å². The Labute approximate surface area is 179 Å². The van der Waals surface area contributed by atoms with Crippen molar-refractivity contribution >= 4 is 39.9 Å². The number of benzene rings is 2. The lowest BCUT2D eigenvalue weighted by molar-refractivity contribution is 0.0474. The maximum absolute atomic E-state index is 13.2. The van der Waals surface area contributed by atoms with Crippen LogP contribution >= 0.6 is 11.3 Å². The van der Waals surface area contributed by atoms with Crippen molar-refractivity contribution in [2.45, 2.75) is 26.4 Å². The second kappa shape index (κ2) is 7.88. The monoisotopic (exact) mass is 411 g/mol. The van der Waals surface area contributed by atoms with Crippen molar-refractivity contribution in [2.75, 3.05) is 0 Å². The zero-order valence-corrected chi connectivity index (χ0v) is 17.5. The van der Waals surface area contributed by atoms with Gasteiger partial charge in [-0.25, -0.2) is 9.78 Å². The number of aromatic nitrogens is 1. The number of thiophene rings is 1. The van der Waals surface area contributed by atoms with Crippen LogP contribution in [0.3, 0.4) is 0 Å². The van der Waals surface area contributed by atoms with Gasteiger partial charge in [-0.2, -0.15) is 0 Å². The summed E-state index contributed by atoms with van der Waals surface area (Å²) in [5.74, 6) is -0.275. The molecule has 0 atom stereocenters. The van der Waals surface area contributed by atoms with Crippen molar-refractivity contribution < 1.29 is 9.53 Å². The van der Waals surface area contributed by atoms with Crippen LogP contribution in [0.15, 0.2) is 66.0 Å². The van der Waals surface area contributed by atoms with E-state index in [4.69, 9.17) is 9.72 Å². The van der Waals surface area contributed by atoms with Gasteiger partial charge < -0.3 is 4.74 Å². The van der Waals surface area contributed by atoms with Gasteiger partial charge in [0, 0.05) is 10.3 Å². The van der Waals surface area contributed by atoms with Gasteiger partial charge in [0.1, 0.15) is 6.61 Å². The van der Waals surface area contributed by atoms with Gasteiger partial charge in [-0.1, -0.05) is 54.1 Å². The molecule has 1 aliphatic rings. The van der Waals surface area contributed by atoms with Crippen LogP contribution in [-0.4, -0.2) is 11.0 Å². The summed E-state index contributed by atoms with van der Waals surface area (Å²) in [4.78, 5) is 19.3. The molecule has 0 bridgehead atoms. The highest BCUT2D eigenvalue weighted by atomic mass is 32.1. The lowest BCUT2D eigenvalue weighted by Crippen LogP contribution is -2.10. The summed E-state index contributed by atoms with van der Waals surface area (Å²) in [6, 6.07) is 20.1. The van der Waals surface area contributed by atoms with E-state index in [0.29, 0.717) is 5.56 Å². The second-order valence-corrected chi connectivity index (χ2v) is 8.56. The van der Waals surface area contributed by atoms with E-state index >= 15 is 0 Å². The van der Waals surface area contributed by atoms with Gasteiger partial charge in [-0.3, -0.25) is 0 Å². The number of para-hydroxylation sites is 1. The molecule has 5 rings (SSSR count). The minimum absolute atomic E-state index is 0.266. The average Bonchev–Trinajstić information content (AvgIpc) is 3.42. The normalized spacial score (nSPS) is 14.2. The van der Waals surface area contributed by atoms with Crippen molar-refractivity contribution in [1.29, 1.82) is 0 Å². The molecule has 0 spiro atoms. The van der Waals surface area contributed by atoms with Gasteiger partial charge in [-0.15, -0.1) is 11.3 Å². The molecule has 30 heavy (non-hydrogen) atoms. The summed E-state index contributed by atoms with van der Waals surface area (Å²) in [5.41, 5.74) is 6.80. The van der Waals surface area contributed by atoms with Gasteiger partial charge in [0.05, 0.1) is 16.8 Å². The third-order valence-corrected chi connectivity index (χ3v) is 6.32. The Bertz CT molecular complexity index is 1250. The highest BCUT2D eigenvalue weighted by molar-refractivity contribution is 7.10. The van der Waals surface area contributed by atoms with Gasteiger partial charge in [0.15, 0.2) is 0 Å². The van der Waals surface area contributed by atoms with Crippen molar-refractivity contribution in [2.24, 2.45) is 0 Å². The van der Waals surface area contributed by atoms with E-state index in [1.807, 2.05) is 55.5 Å². The number of hydrogen-bond acceptors (Lipinski definition) is 4. The SMILES string of the molecule is Cc1ccc(COC(=O)c2c3c(nc4ccccc24)/C(=C/c2cccs2)CC3)cc1. The van der Waals surface area contributed by atoms with Crippen LogP contribution in [0.2, 0.25) is 0 Å². The molecule has 0 fully saturated rings. The molecule has 2 aromatic heterocycles. The second-order valence-electron chi connectivity index (χ2n) is 7.58. The van der Waals surface area contributed by atoms with E-state index in [2.05, 4.69) is 23.6 Å². The Morgan fingerprint density at radius 3 is 2.70 bits per heavy atom. The lowest BCUT2D eigenvalue weighted by atomic mass is 10.0. The Balaban J connectivity index is 1.54. The van der Waals surface area contributed by atoms with Gasteiger partial charge in [-0.05, 0) is 60.1 Å². The molecule has 148 valence electrons. The minimum Gasteiger partial charge on any atom is -0.457 e. The largest absolute Gasteiger partial charge is 0.457 e. The molecule has 0 saturated heterocycles. The van der Waals surface area contributed by atoms with Gasteiger partial charge in [0.25, 0.3) is 0 Å². The van der Waals surface area contributed by atoms with Gasteiger partial charge >= 0.3 is 5.97 Å². The Morgan fingerprint density at radius 2 is 1.90 bits per heavy atom. The van der Waals surface area contributed by atoms with Crippen LogP contribution in [-0.2, 0) is 17.8 Å². The number of ether oxygens (including phenoxy) is 1. The fraction of sp³-hybridized carbons (Fsp3) is 0.154. The molecule has 0 radical (unpaired) electrons. The van der Waals surface area contributed by atoms with E-state index in [9.17, 15) is 4.79 Å². The van der Waals surface area contributed by atoms with Crippen LogP contribution < -0.4 is 0 Å². The highest BCUT2D eigenvalue weighted by Gasteiger charge is 2.27. The van der Waals surface area contributed by atoms with Crippen molar-refractivity contribution in [3.63, 3.8) is 0 Å². The molecule has 0 amide bonds. The number of esters is 1. The van der Waals surface area contributed by atoms with E-state index in [1.54, 1.807) is 11.3 Å². The Morgan fingerprint density at radius 1 is 1.07 bits per heavy atom. The van der Waals surface area contributed by atoms with Gasteiger partial charge in [0.2, 0.25) is 0 Å². The Hall–Kier alpha value is -3.24. The molecule has 4 aromatic rings. The molecule has 2 aromatic carbocycles. The molecule has 0 unspecified atom stereocenters. The predicted octanol–water partition coefficient (Wildman–Crippen LogP) is 6.45. The van der Waals surface area contributed by atoms with E-state index in [1.165, 1.54) is 16.0 Å². The fourth-order valence-corrected chi connectivity index (χ4v) is 4.64. The first-order chi connectivity index (χ1) is 14.7. The summed E-state index contributed by atoms with van der Waals surface area (Å²) in [6.45, 7) is 2.31. The Kier molecular flexibility index (Phi) is 4.93. The zero-order chi connectivity index (χ0) is 20.5. The molecule has 0 N–H and O–H groups in total. The number of carbonyl (C=O) groups excluding carboxylic acids is 1. The van der Waals surface area contributed by atoms with Crippen molar-refractivity contribution in [3.8, 4) is 0 Å². The molecule has 0 aliphatic heterocycles. The first-order valence-electron chi connectivity index (χ1n) is 10.1. The number of pyridine rings is 1. The van der Waals surface area contributed by atoms with E-state index < -0.39 is 0 Å². The zero-order valence-electron chi connectivity index (χ0n) is 16.7. The number of rotatable bonds is 4. The molecule has 2 heterocycles. The quantitative estimate of drug-likeness (QED) is 0.362. The van der Waals surface area contributed by atoms with Crippen LogP contribution in [0.5, 0.6) is 0 Å². The summed E-state index contributed by atoms with van der Waals surface area (Å²) in [6.07, 6.45) is 3.88. The molecular formula is C26H21NO2S. The number of carbonyl (C=O) groups is 1. The number of fused-ring (bicyclic) bond motifs is 2. The van der Waals surface area contributed by atoms with E-state index in [0.717, 1.165) is 40.6 Å². The minimum atomic E-state index is -0.275. The highest BCUT2D eigenvalue weighted by Crippen LogP contribution is 2.38. The average molecular weight is 412 g/mol. The fourth-order valence-electron chi connectivity index (χ4n) is 3.96. The number of hydrogen-bond donors (Lipinski definition) is 0. The third-order valence-electron chi connectivity index (χ3n) is 5.50.